The second-order valence-electron chi connectivity index (χ2n) is 3.33. The van der Waals surface area contributed by atoms with Gasteiger partial charge in [0.1, 0.15) is 6.61 Å². The van der Waals surface area contributed by atoms with E-state index in [-0.39, 0.29) is 0 Å². The van der Waals surface area contributed by atoms with Gasteiger partial charge in [0.2, 0.25) is 0 Å². The molecule has 0 radical (unpaired) electrons. The third kappa shape index (κ3) is 4.51. The molecule has 1 aromatic carbocycles. The van der Waals surface area contributed by atoms with E-state index < -0.39 is 0 Å². The van der Waals surface area contributed by atoms with E-state index in [0.29, 0.717) is 6.61 Å². The molecule has 0 unspecified atom stereocenters. The van der Waals surface area contributed by atoms with E-state index in [1.807, 2.05) is 36.4 Å². The van der Waals surface area contributed by atoms with Crippen LogP contribution < -0.4 is 0 Å². The van der Waals surface area contributed by atoms with Gasteiger partial charge in [-0.3, -0.25) is 0 Å². The largest absolute Gasteiger partial charge is 0.497 e. The molecule has 74 valence electrons. The van der Waals surface area contributed by atoms with E-state index in [4.69, 9.17) is 4.74 Å². The fourth-order valence-electron chi connectivity index (χ4n) is 0.961. The minimum Gasteiger partial charge on any atom is -0.497 e. The zero-order valence-corrected chi connectivity index (χ0v) is 8.73. The highest BCUT2D eigenvalue weighted by atomic mass is 16.5. The molecule has 1 nitrogen and oxygen atoms in total. The molecule has 0 spiro atoms. The van der Waals surface area contributed by atoms with Gasteiger partial charge in [-0.05, 0) is 31.6 Å². The number of benzene rings is 1. The molecule has 0 atom stereocenters. The highest BCUT2D eigenvalue weighted by Gasteiger charge is 1.82. The smallest absolute Gasteiger partial charge is 0.106 e. The summed E-state index contributed by atoms with van der Waals surface area (Å²) in [6.07, 6.45) is 5.74. The van der Waals surface area contributed by atoms with Crippen LogP contribution in [0.4, 0.5) is 0 Å². The van der Waals surface area contributed by atoms with Crippen LogP contribution in [0.15, 0.2) is 48.2 Å². The molecular weight excluding hydrogens is 172 g/mol. The second kappa shape index (κ2) is 6.03. The van der Waals surface area contributed by atoms with Crippen LogP contribution in [-0.2, 0) is 4.74 Å². The number of ether oxygens (including phenoxy) is 1. The van der Waals surface area contributed by atoms with Crippen molar-refractivity contribution in [1.82, 2.24) is 0 Å². The summed E-state index contributed by atoms with van der Waals surface area (Å²) >= 11 is 0. The van der Waals surface area contributed by atoms with Crippen LogP contribution >= 0.6 is 0 Å². The van der Waals surface area contributed by atoms with Gasteiger partial charge in [-0.2, -0.15) is 0 Å². The lowest BCUT2D eigenvalue weighted by Gasteiger charge is -1.95. The summed E-state index contributed by atoms with van der Waals surface area (Å²) in [5, 5.41) is 0. The fraction of sp³-hybridized carbons (Fsp3) is 0.231. The molecule has 0 amide bonds. The average Bonchev–Trinajstić information content (AvgIpc) is 2.18. The average molecular weight is 188 g/mol. The van der Waals surface area contributed by atoms with Crippen LogP contribution in [0.25, 0.3) is 6.08 Å². The van der Waals surface area contributed by atoms with Crippen molar-refractivity contribution in [2.24, 2.45) is 0 Å². The lowest BCUT2D eigenvalue weighted by molar-refractivity contribution is 0.292. The Labute approximate surface area is 85.7 Å². The van der Waals surface area contributed by atoms with Crippen LogP contribution in [0.1, 0.15) is 19.4 Å². The van der Waals surface area contributed by atoms with Crippen molar-refractivity contribution in [2.75, 3.05) is 6.61 Å². The molecule has 1 heteroatoms. The van der Waals surface area contributed by atoms with Gasteiger partial charge >= 0.3 is 0 Å². The summed E-state index contributed by atoms with van der Waals surface area (Å²) < 4.78 is 5.29. The Hall–Kier alpha value is -1.50. The van der Waals surface area contributed by atoms with Crippen LogP contribution in [0, 0.1) is 0 Å². The molecule has 1 rings (SSSR count). The number of allylic oxidation sites excluding steroid dienone is 1. The fourth-order valence-corrected chi connectivity index (χ4v) is 0.961. The maximum Gasteiger partial charge on any atom is 0.106 e. The standard InChI is InChI=1S/C13H16O/c1-12(2)8-10-14-11-9-13-6-4-3-5-7-13/h3-9,11H,10H2,1-2H3/b11-9+. The van der Waals surface area contributed by atoms with Crippen molar-refractivity contribution in [3.05, 3.63) is 53.8 Å². The van der Waals surface area contributed by atoms with Crippen LogP contribution in [0.2, 0.25) is 0 Å². The summed E-state index contributed by atoms with van der Waals surface area (Å²) in [6.45, 7) is 4.76. The third-order valence-electron chi connectivity index (χ3n) is 1.74. The molecule has 0 aliphatic heterocycles. The van der Waals surface area contributed by atoms with Gasteiger partial charge in [0, 0.05) is 0 Å². The van der Waals surface area contributed by atoms with E-state index in [1.165, 1.54) is 5.57 Å². The summed E-state index contributed by atoms with van der Waals surface area (Å²) in [7, 11) is 0. The van der Waals surface area contributed by atoms with E-state index in [2.05, 4.69) is 19.9 Å². The van der Waals surface area contributed by atoms with Crippen molar-refractivity contribution in [3.63, 3.8) is 0 Å². The SMILES string of the molecule is CC(C)=CCO/C=C/c1ccccc1. The predicted molar refractivity (Wildman–Crippen MR) is 60.9 cm³/mol. The van der Waals surface area contributed by atoms with Gasteiger partial charge in [0.05, 0.1) is 6.26 Å². The van der Waals surface area contributed by atoms with Crippen molar-refractivity contribution in [3.8, 4) is 0 Å². The van der Waals surface area contributed by atoms with Crippen molar-refractivity contribution >= 4 is 6.08 Å². The van der Waals surface area contributed by atoms with Gasteiger partial charge in [0.15, 0.2) is 0 Å². The lowest BCUT2D eigenvalue weighted by atomic mass is 10.2. The maximum absolute atomic E-state index is 5.29. The predicted octanol–water partition coefficient (Wildman–Crippen LogP) is 3.64. The van der Waals surface area contributed by atoms with Gasteiger partial charge in [0.25, 0.3) is 0 Å². The molecule has 0 heterocycles. The topological polar surface area (TPSA) is 9.23 Å². The van der Waals surface area contributed by atoms with Crippen LogP contribution in [0.3, 0.4) is 0 Å². The summed E-state index contributed by atoms with van der Waals surface area (Å²) in [5.41, 5.74) is 2.43. The highest BCUT2D eigenvalue weighted by Crippen LogP contribution is 2.00. The molecule has 0 bridgehead atoms. The van der Waals surface area contributed by atoms with Crippen molar-refractivity contribution in [1.29, 1.82) is 0 Å². The summed E-state index contributed by atoms with van der Waals surface area (Å²) in [5.74, 6) is 0. The Morgan fingerprint density at radius 3 is 2.57 bits per heavy atom. The number of hydrogen-bond acceptors (Lipinski definition) is 1. The van der Waals surface area contributed by atoms with E-state index >= 15 is 0 Å². The first-order valence-corrected chi connectivity index (χ1v) is 4.75. The van der Waals surface area contributed by atoms with Gasteiger partial charge in [-0.1, -0.05) is 35.9 Å². The quantitative estimate of drug-likeness (QED) is 0.398. The first kappa shape index (κ1) is 10.6. The second-order valence-corrected chi connectivity index (χ2v) is 3.33. The molecule has 0 aliphatic rings. The van der Waals surface area contributed by atoms with E-state index in [1.54, 1.807) is 6.26 Å². The zero-order valence-electron chi connectivity index (χ0n) is 8.73. The third-order valence-corrected chi connectivity index (χ3v) is 1.74. The molecule has 0 saturated heterocycles. The number of rotatable bonds is 4. The van der Waals surface area contributed by atoms with Gasteiger partial charge < -0.3 is 4.74 Å². The highest BCUT2D eigenvalue weighted by molar-refractivity contribution is 5.47. The van der Waals surface area contributed by atoms with Gasteiger partial charge in [-0.15, -0.1) is 0 Å². The van der Waals surface area contributed by atoms with E-state index in [9.17, 15) is 0 Å². The lowest BCUT2D eigenvalue weighted by Crippen LogP contribution is -1.81. The van der Waals surface area contributed by atoms with Gasteiger partial charge in [-0.25, -0.2) is 0 Å². The first-order valence-electron chi connectivity index (χ1n) is 4.75. The van der Waals surface area contributed by atoms with Crippen molar-refractivity contribution < 1.29 is 4.74 Å². The maximum atomic E-state index is 5.29. The molecule has 0 fully saturated rings. The Bertz CT molecular complexity index is 305. The summed E-state index contributed by atoms with van der Waals surface area (Å²) in [4.78, 5) is 0. The summed E-state index contributed by atoms with van der Waals surface area (Å²) in [6, 6.07) is 10.1. The molecule has 0 N–H and O–H groups in total. The Balaban J connectivity index is 2.32. The molecule has 0 saturated carbocycles. The monoisotopic (exact) mass is 188 g/mol. The van der Waals surface area contributed by atoms with Crippen LogP contribution in [0.5, 0.6) is 0 Å². The van der Waals surface area contributed by atoms with Crippen molar-refractivity contribution in [2.45, 2.75) is 13.8 Å². The Kier molecular flexibility index (Phi) is 4.56. The molecule has 0 aliphatic carbocycles. The zero-order chi connectivity index (χ0) is 10.2. The number of hydrogen-bond donors (Lipinski definition) is 0. The Morgan fingerprint density at radius 2 is 1.93 bits per heavy atom. The normalized spacial score (nSPS) is 10.1. The Morgan fingerprint density at radius 1 is 1.21 bits per heavy atom. The molecule has 0 aromatic heterocycles. The molecular formula is C13H16O. The van der Waals surface area contributed by atoms with E-state index in [0.717, 1.165) is 5.56 Å². The molecule has 1 aromatic rings. The minimum atomic E-state index is 0.645. The molecule has 14 heavy (non-hydrogen) atoms. The first-order chi connectivity index (χ1) is 6.79. The van der Waals surface area contributed by atoms with Crippen LogP contribution in [-0.4, -0.2) is 6.61 Å². The minimum absolute atomic E-state index is 0.645.